The molecule has 29 heavy (non-hydrogen) atoms. The molecule has 0 atom stereocenters. The van der Waals surface area contributed by atoms with Crippen LogP contribution in [0.3, 0.4) is 0 Å². The predicted molar refractivity (Wildman–Crippen MR) is 121 cm³/mol. The lowest BCUT2D eigenvalue weighted by atomic mass is 9.94. The van der Waals surface area contributed by atoms with Gasteiger partial charge in [0.1, 0.15) is 5.82 Å². The van der Waals surface area contributed by atoms with Crippen LogP contribution in [0.2, 0.25) is 0 Å². The summed E-state index contributed by atoms with van der Waals surface area (Å²) in [4.78, 5) is 7.11. The molecular formula is C26H16FNS. The molecule has 1 aliphatic rings. The van der Waals surface area contributed by atoms with Crippen LogP contribution in [0.4, 0.5) is 4.39 Å². The van der Waals surface area contributed by atoms with E-state index in [1.165, 1.54) is 32.4 Å². The normalized spacial score (nSPS) is 12.5. The smallest absolute Gasteiger partial charge is 0.123 e. The highest BCUT2D eigenvalue weighted by atomic mass is 32.2. The van der Waals surface area contributed by atoms with Crippen molar-refractivity contribution in [3.63, 3.8) is 0 Å². The van der Waals surface area contributed by atoms with Crippen molar-refractivity contribution < 1.29 is 4.39 Å². The first kappa shape index (κ1) is 16.8. The second-order valence-electron chi connectivity index (χ2n) is 7.49. The summed E-state index contributed by atoms with van der Waals surface area (Å²) in [6.07, 6.45) is 3.78. The number of hydrogen-bond donors (Lipinski definition) is 0. The van der Waals surface area contributed by atoms with Crippen molar-refractivity contribution in [3.8, 4) is 11.3 Å². The predicted octanol–water partition coefficient (Wildman–Crippen LogP) is 7.76. The molecule has 0 unspecified atom stereocenters. The van der Waals surface area contributed by atoms with Gasteiger partial charge in [0.15, 0.2) is 0 Å². The molecule has 0 amide bonds. The van der Waals surface area contributed by atoms with Gasteiger partial charge in [-0.2, -0.15) is 0 Å². The van der Waals surface area contributed by atoms with Gasteiger partial charge in [0.05, 0.1) is 5.69 Å². The first-order chi connectivity index (χ1) is 14.1. The van der Waals surface area contributed by atoms with E-state index < -0.39 is 0 Å². The van der Waals surface area contributed by atoms with E-state index in [0.29, 0.717) is 0 Å². The largest absolute Gasteiger partial charge is 0.256 e. The topological polar surface area (TPSA) is 12.9 Å². The van der Waals surface area contributed by atoms with Crippen molar-refractivity contribution in [2.45, 2.75) is 16.7 Å². The molecule has 0 aliphatic carbocycles. The molecular weight excluding hydrogens is 377 g/mol. The van der Waals surface area contributed by atoms with Crippen LogP contribution in [0, 0.1) is 12.7 Å². The molecule has 5 aromatic rings. The number of halogens is 1. The second kappa shape index (κ2) is 5.91. The van der Waals surface area contributed by atoms with Crippen LogP contribution < -0.4 is 0 Å². The van der Waals surface area contributed by atoms with Gasteiger partial charge in [-0.15, -0.1) is 0 Å². The fourth-order valence-electron chi connectivity index (χ4n) is 4.44. The summed E-state index contributed by atoms with van der Waals surface area (Å²) in [6.45, 7) is 6.06. The molecule has 6 rings (SSSR count). The minimum atomic E-state index is -0.210. The van der Waals surface area contributed by atoms with Crippen molar-refractivity contribution in [2.75, 3.05) is 0 Å². The number of rotatable bonds is 1. The first-order valence-corrected chi connectivity index (χ1v) is 10.3. The summed E-state index contributed by atoms with van der Waals surface area (Å²) in [5.41, 5.74) is 4.53. The van der Waals surface area contributed by atoms with Crippen molar-refractivity contribution in [3.05, 3.63) is 84.3 Å². The molecule has 0 saturated heterocycles. The Morgan fingerprint density at radius 2 is 1.76 bits per heavy atom. The van der Waals surface area contributed by atoms with Crippen molar-refractivity contribution in [2.24, 2.45) is 0 Å². The second-order valence-corrected chi connectivity index (χ2v) is 8.58. The number of hydrogen-bond acceptors (Lipinski definition) is 2. The monoisotopic (exact) mass is 393 g/mol. The van der Waals surface area contributed by atoms with Crippen molar-refractivity contribution >= 4 is 50.2 Å². The van der Waals surface area contributed by atoms with E-state index in [-0.39, 0.29) is 5.82 Å². The lowest BCUT2D eigenvalue weighted by Gasteiger charge is -2.22. The van der Waals surface area contributed by atoms with Gasteiger partial charge in [0.2, 0.25) is 0 Å². The van der Waals surface area contributed by atoms with Crippen LogP contribution >= 0.6 is 11.8 Å². The number of pyridine rings is 1. The maximum Gasteiger partial charge on any atom is 0.123 e. The zero-order chi connectivity index (χ0) is 19.7. The van der Waals surface area contributed by atoms with E-state index in [9.17, 15) is 4.39 Å². The Morgan fingerprint density at radius 3 is 2.62 bits per heavy atom. The highest BCUT2D eigenvalue weighted by Crippen LogP contribution is 2.50. The minimum Gasteiger partial charge on any atom is -0.256 e. The Bertz CT molecular complexity index is 1520. The zero-order valence-corrected chi connectivity index (χ0v) is 16.6. The van der Waals surface area contributed by atoms with Gasteiger partial charge >= 0.3 is 0 Å². The molecule has 1 nitrogen and oxygen atoms in total. The van der Waals surface area contributed by atoms with Crippen LogP contribution in [-0.2, 0) is 0 Å². The molecule has 1 aliphatic heterocycles. The third-order valence-electron chi connectivity index (χ3n) is 5.85. The summed E-state index contributed by atoms with van der Waals surface area (Å²) in [5, 5.41) is 6.55. The van der Waals surface area contributed by atoms with Crippen LogP contribution in [0.5, 0.6) is 0 Å². The van der Waals surface area contributed by atoms with Gasteiger partial charge in [0, 0.05) is 26.9 Å². The molecule has 3 heteroatoms. The molecule has 0 radical (unpaired) electrons. The molecule has 0 fully saturated rings. The third-order valence-corrected chi connectivity index (χ3v) is 6.95. The lowest BCUT2D eigenvalue weighted by Crippen LogP contribution is -1.98. The Kier molecular flexibility index (Phi) is 3.42. The Labute approximate surface area is 171 Å². The number of benzene rings is 4. The number of aromatic nitrogens is 1. The van der Waals surface area contributed by atoms with Gasteiger partial charge in [0.25, 0.3) is 0 Å². The van der Waals surface area contributed by atoms with Crippen LogP contribution in [-0.4, -0.2) is 4.98 Å². The van der Waals surface area contributed by atoms with E-state index in [4.69, 9.17) is 4.98 Å². The SMILES string of the molecule is C=Cc1cc2c(cc1C)-c1nccc3c1c(cc1c4cc(F)ccc4ccc31)S2. The molecule has 0 N–H and O–H groups in total. The number of aryl methyl sites for hydroxylation is 1. The molecule has 0 spiro atoms. The van der Waals surface area contributed by atoms with Crippen molar-refractivity contribution in [1.29, 1.82) is 0 Å². The quantitative estimate of drug-likeness (QED) is 0.265. The summed E-state index contributed by atoms with van der Waals surface area (Å²) >= 11 is 1.76. The Balaban J connectivity index is 1.78. The average molecular weight is 393 g/mol. The zero-order valence-electron chi connectivity index (χ0n) is 15.8. The number of fused-ring (bicyclic) bond motifs is 6. The van der Waals surface area contributed by atoms with Crippen molar-refractivity contribution in [1.82, 2.24) is 4.98 Å². The third kappa shape index (κ3) is 2.31. The van der Waals surface area contributed by atoms with Gasteiger partial charge < -0.3 is 0 Å². The molecule has 4 aromatic carbocycles. The molecule has 0 saturated carbocycles. The summed E-state index contributed by atoms with van der Waals surface area (Å²) in [6, 6.07) is 17.9. The number of nitrogens with zero attached hydrogens (tertiary/aromatic N) is 1. The molecule has 1 aromatic heterocycles. The maximum absolute atomic E-state index is 14.0. The van der Waals surface area contributed by atoms with Gasteiger partial charge in [-0.3, -0.25) is 4.98 Å². The summed E-state index contributed by atoms with van der Waals surface area (Å²) < 4.78 is 14.0. The van der Waals surface area contributed by atoms with E-state index in [1.807, 2.05) is 18.3 Å². The highest BCUT2D eigenvalue weighted by molar-refractivity contribution is 7.99. The molecule has 0 bridgehead atoms. The fourth-order valence-corrected chi connectivity index (χ4v) is 5.61. The fraction of sp³-hybridized carbons (Fsp3) is 0.0385. The molecule has 138 valence electrons. The minimum absolute atomic E-state index is 0.210. The van der Waals surface area contributed by atoms with E-state index in [2.05, 4.69) is 49.9 Å². The van der Waals surface area contributed by atoms with Gasteiger partial charge in [-0.1, -0.05) is 42.6 Å². The van der Waals surface area contributed by atoms with E-state index >= 15 is 0 Å². The molecule has 2 heterocycles. The van der Waals surface area contributed by atoms with Crippen LogP contribution in [0.25, 0.3) is 49.7 Å². The van der Waals surface area contributed by atoms with E-state index in [0.717, 1.165) is 38.2 Å². The van der Waals surface area contributed by atoms with Crippen LogP contribution in [0.15, 0.2) is 77.2 Å². The standard InChI is InChI=1S/C26H16FNS/c1-3-15-11-23-22(10-14(15)2)26-25-19(8-9-28-26)18-7-5-16-4-6-17(27)12-20(16)21(18)13-24(25)29-23/h3-13H,1H2,2H3. The van der Waals surface area contributed by atoms with E-state index in [1.54, 1.807) is 17.8 Å². The van der Waals surface area contributed by atoms with Crippen LogP contribution in [0.1, 0.15) is 11.1 Å². The summed E-state index contributed by atoms with van der Waals surface area (Å²) in [7, 11) is 0. The lowest BCUT2D eigenvalue weighted by molar-refractivity contribution is 0.630. The summed E-state index contributed by atoms with van der Waals surface area (Å²) in [5.74, 6) is -0.210. The Morgan fingerprint density at radius 1 is 0.897 bits per heavy atom. The average Bonchev–Trinajstić information content (AvgIpc) is 2.74. The first-order valence-electron chi connectivity index (χ1n) is 9.53. The maximum atomic E-state index is 14.0. The Hall–Kier alpha value is -3.17. The highest BCUT2D eigenvalue weighted by Gasteiger charge is 2.23. The van der Waals surface area contributed by atoms with Gasteiger partial charge in [-0.05, 0) is 81.4 Å². The van der Waals surface area contributed by atoms with Gasteiger partial charge in [-0.25, -0.2) is 4.39 Å².